The Morgan fingerprint density at radius 1 is 0.900 bits per heavy atom. The summed E-state index contributed by atoms with van der Waals surface area (Å²) in [6.07, 6.45) is 2.57. The van der Waals surface area contributed by atoms with Crippen LogP contribution in [0.25, 0.3) is 0 Å². The number of hydrogen-bond donors (Lipinski definition) is 1. The number of rotatable bonds is 9. The van der Waals surface area contributed by atoms with Crippen molar-refractivity contribution in [2.45, 2.75) is 49.8 Å². The van der Waals surface area contributed by atoms with Gasteiger partial charge in [0, 0.05) is 13.1 Å². The highest BCUT2D eigenvalue weighted by molar-refractivity contribution is 7.92. The molecular weight excluding hydrogens is 550 g/mol. The number of ether oxygens (including phenoxy) is 1. The lowest BCUT2D eigenvalue weighted by molar-refractivity contribution is -0.114. The number of sulfonamides is 2. The second kappa shape index (κ2) is 12.0. The van der Waals surface area contributed by atoms with Gasteiger partial charge >= 0.3 is 0 Å². The van der Waals surface area contributed by atoms with E-state index in [0.717, 1.165) is 40.3 Å². The van der Waals surface area contributed by atoms with Crippen LogP contribution < -0.4 is 14.4 Å². The van der Waals surface area contributed by atoms with Crippen molar-refractivity contribution in [3.63, 3.8) is 0 Å². The van der Waals surface area contributed by atoms with Crippen LogP contribution in [0.5, 0.6) is 5.75 Å². The fraction of sp³-hybridized carbons (Fsp3) is 0.345. The van der Waals surface area contributed by atoms with Crippen molar-refractivity contribution in [1.82, 2.24) is 4.31 Å². The molecule has 0 bridgehead atoms. The fourth-order valence-corrected chi connectivity index (χ4v) is 7.68. The lowest BCUT2D eigenvalue weighted by Crippen LogP contribution is -2.38. The van der Waals surface area contributed by atoms with Gasteiger partial charge in [-0.15, -0.1) is 0 Å². The van der Waals surface area contributed by atoms with Crippen molar-refractivity contribution >= 4 is 37.3 Å². The Labute approximate surface area is 236 Å². The van der Waals surface area contributed by atoms with E-state index in [9.17, 15) is 21.6 Å². The van der Waals surface area contributed by atoms with Crippen LogP contribution >= 0.6 is 0 Å². The lowest BCUT2D eigenvalue weighted by atomic mass is 10.1. The maximum atomic E-state index is 13.8. The first-order valence-electron chi connectivity index (χ1n) is 13.1. The maximum Gasteiger partial charge on any atom is 0.264 e. The molecule has 214 valence electrons. The first kappa shape index (κ1) is 29.6. The topological polar surface area (TPSA) is 113 Å². The van der Waals surface area contributed by atoms with Crippen molar-refractivity contribution < 1.29 is 26.4 Å². The van der Waals surface area contributed by atoms with E-state index >= 15 is 0 Å². The molecule has 0 spiro atoms. The summed E-state index contributed by atoms with van der Waals surface area (Å²) in [5, 5.41) is 2.69. The van der Waals surface area contributed by atoms with E-state index in [1.165, 1.54) is 41.7 Å². The molecule has 1 N–H and O–H groups in total. The number of nitrogens with zero attached hydrogens (tertiary/aromatic N) is 2. The van der Waals surface area contributed by atoms with Crippen molar-refractivity contribution in [2.75, 3.05) is 36.4 Å². The second-order valence-corrected chi connectivity index (χ2v) is 13.7. The Balaban J connectivity index is 1.68. The molecule has 1 heterocycles. The van der Waals surface area contributed by atoms with Crippen molar-refractivity contribution in [3.8, 4) is 5.75 Å². The minimum absolute atomic E-state index is 0.0316. The third-order valence-corrected chi connectivity index (χ3v) is 10.8. The van der Waals surface area contributed by atoms with Crippen LogP contribution in [0.2, 0.25) is 0 Å². The monoisotopic (exact) mass is 585 g/mol. The molecule has 0 saturated carbocycles. The van der Waals surface area contributed by atoms with Crippen molar-refractivity contribution in [2.24, 2.45) is 0 Å². The van der Waals surface area contributed by atoms with Gasteiger partial charge in [-0.25, -0.2) is 16.8 Å². The summed E-state index contributed by atoms with van der Waals surface area (Å²) in [6.45, 7) is 5.88. The SMILES string of the molecule is COc1ccc(S(=O)(=O)N2CCCCC2)cc1NC(=O)CN(c1cccc(C)c1C)S(=O)(=O)c1ccc(C)cc1. The summed E-state index contributed by atoms with van der Waals surface area (Å²) in [5.74, 6) is -0.395. The molecule has 11 heteroatoms. The molecular formula is C29H35N3O6S2. The number of nitrogens with one attached hydrogen (secondary N) is 1. The summed E-state index contributed by atoms with van der Waals surface area (Å²) in [4.78, 5) is 13.5. The molecule has 4 rings (SSSR count). The number of hydrogen-bond acceptors (Lipinski definition) is 6. The Hall–Kier alpha value is -3.41. The molecule has 3 aromatic rings. The summed E-state index contributed by atoms with van der Waals surface area (Å²) in [7, 11) is -6.47. The third kappa shape index (κ3) is 6.16. The number of carbonyl (C=O) groups excluding carboxylic acids is 1. The Bertz CT molecular complexity index is 1600. The van der Waals surface area contributed by atoms with Gasteiger partial charge in [-0.1, -0.05) is 36.2 Å². The molecule has 0 aromatic heterocycles. The molecule has 1 amide bonds. The lowest BCUT2D eigenvalue weighted by Gasteiger charge is -2.27. The van der Waals surface area contributed by atoms with E-state index < -0.39 is 32.5 Å². The molecule has 0 aliphatic carbocycles. The number of piperidine rings is 1. The van der Waals surface area contributed by atoms with Gasteiger partial charge in [0.2, 0.25) is 15.9 Å². The standard InChI is InChI=1S/C29H35N3O6S2/c1-21-11-13-24(14-12-21)40(36,37)32(27-10-8-9-22(2)23(27)3)20-29(33)30-26-19-25(15-16-28(26)38-4)39(34,35)31-17-6-5-7-18-31/h8-16,19H,5-7,17-18,20H2,1-4H3,(H,30,33). The molecule has 1 aliphatic heterocycles. The van der Waals surface area contributed by atoms with Crippen LogP contribution in [0.4, 0.5) is 11.4 Å². The summed E-state index contributed by atoms with van der Waals surface area (Å²) < 4.78 is 62.0. The van der Waals surface area contributed by atoms with Crippen LogP contribution in [0.1, 0.15) is 36.0 Å². The molecule has 0 radical (unpaired) electrons. The predicted molar refractivity (Wildman–Crippen MR) is 156 cm³/mol. The maximum absolute atomic E-state index is 13.8. The van der Waals surface area contributed by atoms with Gasteiger partial charge in [0.05, 0.1) is 28.3 Å². The van der Waals surface area contributed by atoms with Gasteiger partial charge in [0.15, 0.2) is 0 Å². The number of amides is 1. The van der Waals surface area contributed by atoms with Gasteiger partial charge in [0.25, 0.3) is 10.0 Å². The first-order valence-corrected chi connectivity index (χ1v) is 16.0. The summed E-state index contributed by atoms with van der Waals surface area (Å²) >= 11 is 0. The summed E-state index contributed by atoms with van der Waals surface area (Å²) in [5.41, 5.74) is 3.02. The number of aryl methyl sites for hydroxylation is 2. The highest BCUT2D eigenvalue weighted by Crippen LogP contribution is 2.32. The molecule has 40 heavy (non-hydrogen) atoms. The Morgan fingerprint density at radius 2 is 1.55 bits per heavy atom. The van der Waals surface area contributed by atoms with E-state index in [0.29, 0.717) is 18.8 Å². The molecule has 3 aromatic carbocycles. The van der Waals surface area contributed by atoms with Crippen LogP contribution in [-0.2, 0) is 24.8 Å². The number of carbonyl (C=O) groups is 1. The first-order chi connectivity index (χ1) is 18.9. The normalized spacial score (nSPS) is 14.5. The van der Waals surface area contributed by atoms with Gasteiger partial charge < -0.3 is 10.1 Å². The van der Waals surface area contributed by atoms with Gasteiger partial charge in [-0.05, 0) is 81.1 Å². The van der Waals surface area contributed by atoms with E-state index in [1.54, 1.807) is 31.2 Å². The summed E-state index contributed by atoms with van der Waals surface area (Å²) in [6, 6.07) is 16.0. The highest BCUT2D eigenvalue weighted by Gasteiger charge is 2.30. The zero-order valence-corrected chi connectivity index (χ0v) is 24.8. The largest absolute Gasteiger partial charge is 0.495 e. The van der Waals surface area contributed by atoms with Crippen molar-refractivity contribution in [1.29, 1.82) is 0 Å². The Kier molecular flexibility index (Phi) is 8.86. The van der Waals surface area contributed by atoms with Crippen LogP contribution in [-0.4, -0.2) is 53.8 Å². The van der Waals surface area contributed by atoms with Gasteiger partial charge in [0.1, 0.15) is 12.3 Å². The van der Waals surface area contributed by atoms with Crippen LogP contribution in [0.15, 0.2) is 70.5 Å². The molecule has 9 nitrogen and oxygen atoms in total. The average Bonchev–Trinajstić information content (AvgIpc) is 2.94. The molecule has 0 atom stereocenters. The number of benzene rings is 3. The van der Waals surface area contributed by atoms with E-state index in [1.807, 2.05) is 19.9 Å². The number of anilines is 2. The van der Waals surface area contributed by atoms with Crippen LogP contribution in [0, 0.1) is 20.8 Å². The number of methoxy groups -OCH3 is 1. The molecule has 1 fully saturated rings. The molecule has 0 unspecified atom stereocenters. The molecule has 1 aliphatic rings. The van der Waals surface area contributed by atoms with Gasteiger partial charge in [-0.2, -0.15) is 4.31 Å². The van der Waals surface area contributed by atoms with Crippen LogP contribution in [0.3, 0.4) is 0 Å². The fourth-order valence-electron chi connectivity index (χ4n) is 4.66. The van der Waals surface area contributed by atoms with E-state index in [4.69, 9.17) is 4.74 Å². The molecule has 1 saturated heterocycles. The third-order valence-electron chi connectivity index (χ3n) is 7.14. The van der Waals surface area contributed by atoms with Crippen molar-refractivity contribution in [3.05, 3.63) is 77.4 Å². The smallest absolute Gasteiger partial charge is 0.264 e. The van der Waals surface area contributed by atoms with Gasteiger partial charge in [-0.3, -0.25) is 9.10 Å². The minimum Gasteiger partial charge on any atom is -0.495 e. The van der Waals surface area contributed by atoms with E-state index in [2.05, 4.69) is 5.32 Å². The second-order valence-electron chi connectivity index (χ2n) is 9.92. The minimum atomic E-state index is -4.12. The zero-order valence-electron chi connectivity index (χ0n) is 23.2. The average molecular weight is 586 g/mol. The van der Waals surface area contributed by atoms with E-state index in [-0.39, 0.29) is 21.2 Å². The Morgan fingerprint density at radius 3 is 2.20 bits per heavy atom. The highest BCUT2D eigenvalue weighted by atomic mass is 32.2. The predicted octanol–water partition coefficient (Wildman–Crippen LogP) is 4.63. The quantitative estimate of drug-likeness (QED) is 0.392. The zero-order chi connectivity index (χ0) is 29.1.